The zero-order valence-corrected chi connectivity index (χ0v) is 16.1. The van der Waals surface area contributed by atoms with Crippen molar-refractivity contribution in [2.45, 2.75) is 31.7 Å². The molecule has 1 aromatic carbocycles. The van der Waals surface area contributed by atoms with E-state index in [4.69, 9.17) is 11.6 Å². The van der Waals surface area contributed by atoms with Gasteiger partial charge in [0.05, 0.1) is 0 Å². The molecule has 28 heavy (non-hydrogen) atoms. The molecule has 0 saturated carbocycles. The molecule has 2 aliphatic rings. The summed E-state index contributed by atoms with van der Waals surface area (Å²) < 4.78 is 26.1. The largest absolute Gasteiger partial charge is 0.368 e. The average Bonchev–Trinajstić information content (AvgIpc) is 2.92. The Balaban J connectivity index is 1.54. The highest BCUT2D eigenvalue weighted by Gasteiger charge is 2.42. The maximum atomic E-state index is 13.0. The lowest BCUT2D eigenvalue weighted by atomic mass is 9.96. The van der Waals surface area contributed by atoms with E-state index < -0.39 is 23.9 Å². The predicted octanol–water partition coefficient (Wildman–Crippen LogP) is 2.30. The highest BCUT2D eigenvalue weighted by Crippen LogP contribution is 2.31. The van der Waals surface area contributed by atoms with Crippen LogP contribution in [0.5, 0.6) is 0 Å². The molecule has 1 aromatic rings. The fourth-order valence-electron chi connectivity index (χ4n) is 3.38. The molecule has 1 atom stereocenters. The van der Waals surface area contributed by atoms with Crippen molar-refractivity contribution in [3.05, 3.63) is 28.8 Å². The first-order valence-electron chi connectivity index (χ1n) is 8.93. The van der Waals surface area contributed by atoms with Gasteiger partial charge in [-0.1, -0.05) is 11.6 Å². The number of hydrogen-bond acceptors (Lipinski definition) is 4. The van der Waals surface area contributed by atoms with Gasteiger partial charge in [-0.2, -0.15) is 0 Å². The smallest absolute Gasteiger partial charge is 0.322 e. The highest BCUT2D eigenvalue weighted by molar-refractivity contribution is 6.31. The van der Waals surface area contributed by atoms with Crippen molar-refractivity contribution in [2.24, 2.45) is 0 Å². The van der Waals surface area contributed by atoms with Gasteiger partial charge in [-0.15, -0.1) is 0 Å². The van der Waals surface area contributed by atoms with E-state index in [1.54, 1.807) is 17.9 Å². The van der Waals surface area contributed by atoms with Crippen molar-refractivity contribution in [1.29, 1.82) is 0 Å². The van der Waals surface area contributed by atoms with E-state index in [0.29, 0.717) is 31.9 Å². The first kappa shape index (κ1) is 20.3. The number of anilines is 1. The number of nitrogens with zero attached hydrogens (tertiary/aromatic N) is 2. The molecular weight excluding hydrogens is 394 g/mol. The summed E-state index contributed by atoms with van der Waals surface area (Å²) in [5.74, 6) is -0.549. The van der Waals surface area contributed by atoms with Crippen molar-refractivity contribution in [1.82, 2.24) is 15.5 Å². The number of urea groups is 1. The van der Waals surface area contributed by atoms with Crippen LogP contribution in [0, 0.1) is 0 Å². The number of imide groups is 1. The maximum Gasteiger partial charge on any atom is 0.322 e. The van der Waals surface area contributed by atoms with E-state index in [1.165, 1.54) is 12.1 Å². The quantitative estimate of drug-likeness (QED) is 0.724. The summed E-state index contributed by atoms with van der Waals surface area (Å²) in [4.78, 5) is 39.2. The van der Waals surface area contributed by atoms with Crippen LogP contribution in [-0.4, -0.2) is 54.5 Å². The zero-order valence-electron chi connectivity index (χ0n) is 15.3. The Bertz CT molecular complexity index is 799. The van der Waals surface area contributed by atoms with Crippen LogP contribution in [0.15, 0.2) is 18.2 Å². The summed E-state index contributed by atoms with van der Waals surface area (Å²) in [5.41, 5.74) is -0.642. The third-order valence-corrected chi connectivity index (χ3v) is 5.51. The van der Waals surface area contributed by atoms with E-state index in [0.717, 1.165) is 0 Å². The number of piperazine rings is 1. The van der Waals surface area contributed by atoms with E-state index in [-0.39, 0.29) is 29.3 Å². The molecule has 0 radical (unpaired) electrons. The molecule has 2 saturated heterocycles. The van der Waals surface area contributed by atoms with Gasteiger partial charge < -0.3 is 15.1 Å². The molecule has 2 heterocycles. The first-order chi connectivity index (χ1) is 13.2. The predicted molar refractivity (Wildman–Crippen MR) is 99.5 cm³/mol. The lowest BCUT2D eigenvalue weighted by molar-refractivity contribution is -0.132. The minimum absolute atomic E-state index is 0.0316. The standard InChI is InChI=1S/C18H21ClF2N4O3/c1-18(16(27)22-17(28)23-18)5-4-14(26)25-8-6-24(7-9-25)11-2-3-13(19)12(10-11)15(20)21/h2-3,10,15H,4-9H2,1H3,(H2,22,23,27,28)/t18-/m1/s1. The minimum Gasteiger partial charge on any atom is -0.368 e. The third-order valence-electron chi connectivity index (χ3n) is 5.17. The van der Waals surface area contributed by atoms with Crippen molar-refractivity contribution >= 4 is 35.1 Å². The van der Waals surface area contributed by atoms with E-state index in [9.17, 15) is 23.2 Å². The Morgan fingerprint density at radius 2 is 1.93 bits per heavy atom. The molecule has 0 unspecified atom stereocenters. The molecule has 152 valence electrons. The molecule has 10 heteroatoms. The lowest BCUT2D eigenvalue weighted by Gasteiger charge is -2.36. The Labute approximate surface area is 166 Å². The van der Waals surface area contributed by atoms with Gasteiger partial charge in [-0.05, 0) is 31.5 Å². The maximum absolute atomic E-state index is 13.0. The van der Waals surface area contributed by atoms with Crippen LogP contribution in [-0.2, 0) is 9.59 Å². The Morgan fingerprint density at radius 3 is 2.50 bits per heavy atom. The van der Waals surface area contributed by atoms with Gasteiger partial charge in [0.25, 0.3) is 12.3 Å². The van der Waals surface area contributed by atoms with Crippen LogP contribution in [0.1, 0.15) is 31.8 Å². The molecule has 3 rings (SSSR count). The van der Waals surface area contributed by atoms with Crippen LogP contribution < -0.4 is 15.5 Å². The fraction of sp³-hybridized carbons (Fsp3) is 0.500. The molecule has 2 aliphatic heterocycles. The van der Waals surface area contributed by atoms with E-state index in [2.05, 4.69) is 10.6 Å². The van der Waals surface area contributed by atoms with Gasteiger partial charge in [-0.25, -0.2) is 13.6 Å². The van der Waals surface area contributed by atoms with Crippen LogP contribution in [0.25, 0.3) is 0 Å². The summed E-state index contributed by atoms with van der Waals surface area (Å²) in [6.45, 7) is 3.48. The molecule has 2 N–H and O–H groups in total. The average molecular weight is 415 g/mol. The SMILES string of the molecule is C[C@]1(CCC(=O)N2CCN(c3ccc(Cl)c(C(F)F)c3)CC2)NC(=O)NC1=O. The number of carbonyl (C=O) groups is 3. The van der Waals surface area contributed by atoms with E-state index >= 15 is 0 Å². The summed E-state index contributed by atoms with van der Waals surface area (Å²) >= 11 is 5.81. The molecule has 4 amide bonds. The Morgan fingerprint density at radius 1 is 1.25 bits per heavy atom. The number of nitrogens with one attached hydrogen (secondary N) is 2. The summed E-state index contributed by atoms with van der Waals surface area (Å²) in [5, 5.41) is 4.73. The number of halogens is 3. The molecule has 0 aliphatic carbocycles. The van der Waals surface area contributed by atoms with Crippen molar-refractivity contribution in [3.8, 4) is 0 Å². The van der Waals surface area contributed by atoms with Gasteiger partial charge >= 0.3 is 6.03 Å². The topological polar surface area (TPSA) is 81.8 Å². The van der Waals surface area contributed by atoms with Crippen LogP contribution >= 0.6 is 11.6 Å². The molecule has 7 nitrogen and oxygen atoms in total. The van der Waals surface area contributed by atoms with Gasteiger partial charge in [0.1, 0.15) is 5.54 Å². The Kier molecular flexibility index (Phi) is 5.74. The minimum atomic E-state index is -2.65. The van der Waals surface area contributed by atoms with Crippen LogP contribution in [0.4, 0.5) is 19.3 Å². The van der Waals surface area contributed by atoms with Crippen molar-refractivity contribution in [3.63, 3.8) is 0 Å². The fourth-order valence-corrected chi connectivity index (χ4v) is 3.58. The van der Waals surface area contributed by atoms with E-state index in [1.807, 2.05) is 4.90 Å². The van der Waals surface area contributed by atoms with Crippen molar-refractivity contribution < 1.29 is 23.2 Å². The Hall–Kier alpha value is -2.42. The number of benzene rings is 1. The normalized spacial score (nSPS) is 22.5. The number of hydrogen-bond donors (Lipinski definition) is 2. The zero-order chi connectivity index (χ0) is 20.5. The van der Waals surface area contributed by atoms with Crippen molar-refractivity contribution in [2.75, 3.05) is 31.1 Å². The number of rotatable bonds is 5. The van der Waals surface area contributed by atoms with Crippen LogP contribution in [0.3, 0.4) is 0 Å². The highest BCUT2D eigenvalue weighted by atomic mass is 35.5. The molecule has 0 spiro atoms. The lowest BCUT2D eigenvalue weighted by Crippen LogP contribution is -2.50. The summed E-state index contributed by atoms with van der Waals surface area (Å²) in [7, 11) is 0. The first-order valence-corrected chi connectivity index (χ1v) is 9.31. The number of amides is 4. The molecule has 0 aromatic heterocycles. The second-order valence-electron chi connectivity index (χ2n) is 7.11. The monoisotopic (exact) mass is 414 g/mol. The summed E-state index contributed by atoms with van der Waals surface area (Å²) in [6, 6.07) is 3.97. The second-order valence-corrected chi connectivity index (χ2v) is 7.52. The molecular formula is C18H21ClF2N4O3. The van der Waals surface area contributed by atoms with Gasteiger partial charge in [-0.3, -0.25) is 14.9 Å². The van der Waals surface area contributed by atoms with Crippen LogP contribution in [0.2, 0.25) is 5.02 Å². The third kappa shape index (κ3) is 4.19. The summed E-state index contributed by atoms with van der Waals surface area (Å²) in [6.07, 6.45) is -2.32. The second kappa shape index (κ2) is 7.90. The number of alkyl halides is 2. The number of carbonyl (C=O) groups excluding carboxylic acids is 3. The van der Waals surface area contributed by atoms with Gasteiger partial charge in [0.15, 0.2) is 0 Å². The van der Waals surface area contributed by atoms with Gasteiger partial charge in [0.2, 0.25) is 5.91 Å². The molecule has 0 bridgehead atoms. The molecule has 2 fully saturated rings. The van der Waals surface area contributed by atoms with Gasteiger partial charge in [0, 0.05) is 48.9 Å².